The van der Waals surface area contributed by atoms with Crippen molar-refractivity contribution in [1.82, 2.24) is 24.9 Å². The van der Waals surface area contributed by atoms with Gasteiger partial charge in [-0.05, 0) is 43.1 Å². The average molecular weight is 498 g/mol. The van der Waals surface area contributed by atoms with E-state index in [0.29, 0.717) is 6.04 Å². The minimum absolute atomic E-state index is 0.159. The van der Waals surface area contributed by atoms with Gasteiger partial charge >= 0.3 is 0 Å². The van der Waals surface area contributed by atoms with E-state index in [9.17, 15) is 4.39 Å². The summed E-state index contributed by atoms with van der Waals surface area (Å²) in [7, 11) is 5.39. The van der Waals surface area contributed by atoms with Crippen molar-refractivity contribution in [2.45, 2.75) is 56.8 Å². The second kappa shape index (κ2) is 12.5. The van der Waals surface area contributed by atoms with Crippen LogP contribution in [0.25, 0.3) is 11.1 Å². The normalized spacial score (nSPS) is 22.0. The Labute approximate surface area is 212 Å². The van der Waals surface area contributed by atoms with Crippen LogP contribution in [0.1, 0.15) is 43.2 Å². The molecule has 1 aliphatic heterocycles. The number of pyridine rings is 1. The van der Waals surface area contributed by atoms with Crippen LogP contribution in [0.15, 0.2) is 55.0 Å². The van der Waals surface area contributed by atoms with Gasteiger partial charge in [-0.25, -0.2) is 9.07 Å². The van der Waals surface area contributed by atoms with Crippen LogP contribution in [0.5, 0.6) is 0 Å². The van der Waals surface area contributed by atoms with Gasteiger partial charge in [0.15, 0.2) is 6.29 Å². The second-order valence-corrected chi connectivity index (χ2v) is 9.40. The van der Waals surface area contributed by atoms with Crippen molar-refractivity contribution in [3.05, 3.63) is 66.2 Å². The minimum atomic E-state index is -0.621. The van der Waals surface area contributed by atoms with Crippen molar-refractivity contribution in [1.29, 1.82) is 0 Å². The van der Waals surface area contributed by atoms with Crippen LogP contribution in [-0.4, -0.2) is 77.8 Å². The molecule has 3 heterocycles. The minimum Gasteiger partial charge on any atom is -0.374 e. The Morgan fingerprint density at radius 1 is 1.17 bits per heavy atom. The molecule has 4 rings (SSSR count). The third kappa shape index (κ3) is 6.34. The fourth-order valence-corrected chi connectivity index (χ4v) is 4.85. The molecule has 8 nitrogen and oxygen atoms in total. The van der Waals surface area contributed by atoms with Crippen LogP contribution in [0.4, 0.5) is 4.39 Å². The van der Waals surface area contributed by atoms with Gasteiger partial charge < -0.3 is 19.1 Å². The first kappa shape index (κ1) is 26.3. The highest BCUT2D eigenvalue weighted by Gasteiger charge is 2.30. The Morgan fingerprint density at radius 3 is 2.64 bits per heavy atom. The molecule has 2 aromatic heterocycles. The van der Waals surface area contributed by atoms with Crippen LogP contribution in [0.2, 0.25) is 0 Å². The summed E-state index contributed by atoms with van der Waals surface area (Å²) < 4.78 is 32.8. The lowest BCUT2D eigenvalue weighted by Gasteiger charge is -2.37. The molecular formula is C27H36FN5O3. The van der Waals surface area contributed by atoms with Crippen molar-refractivity contribution in [2.75, 3.05) is 34.5 Å². The Kier molecular flexibility index (Phi) is 9.14. The molecule has 0 radical (unpaired) electrons. The van der Waals surface area contributed by atoms with E-state index in [1.807, 2.05) is 48.8 Å². The van der Waals surface area contributed by atoms with Gasteiger partial charge in [-0.3, -0.25) is 4.98 Å². The maximum atomic E-state index is 14.3. The number of likely N-dealkylation sites (N-methyl/N-ethyl adjacent to an activating group) is 1. The first-order valence-electron chi connectivity index (χ1n) is 12.4. The molecular weight excluding hydrogens is 461 g/mol. The molecule has 0 saturated carbocycles. The largest absolute Gasteiger partial charge is 0.374 e. The Bertz CT molecular complexity index is 1060. The highest BCUT2D eigenvalue weighted by molar-refractivity contribution is 5.62. The summed E-state index contributed by atoms with van der Waals surface area (Å²) in [5, 5.41) is 8.57. The molecule has 0 bridgehead atoms. The predicted molar refractivity (Wildman–Crippen MR) is 135 cm³/mol. The van der Waals surface area contributed by atoms with Crippen LogP contribution in [0, 0.1) is 0 Å². The van der Waals surface area contributed by atoms with E-state index in [2.05, 4.69) is 34.2 Å². The zero-order chi connectivity index (χ0) is 25.5. The number of benzene rings is 1. The zero-order valence-corrected chi connectivity index (χ0v) is 21.5. The molecule has 194 valence electrons. The number of aromatic nitrogens is 4. The highest BCUT2D eigenvalue weighted by atomic mass is 19.1. The van der Waals surface area contributed by atoms with Gasteiger partial charge in [0, 0.05) is 58.2 Å². The maximum absolute atomic E-state index is 14.3. The summed E-state index contributed by atoms with van der Waals surface area (Å²) in [6.07, 6.45) is 7.41. The van der Waals surface area contributed by atoms with Crippen LogP contribution < -0.4 is 0 Å². The standard InChI is InChI=1S/C27H36FN5O3/c1-19-14-24(15-26(34-3)36-19)32(2)13-11-23-18-33(31-30-23)25(16-28)27(35-4)21-9-7-20(8-10-21)22-6-5-12-29-17-22/h5-10,12,17-19,24-27H,11,13-16H2,1-4H3/t19-,24+,25-,26-,27-/m1/s1. The topological polar surface area (TPSA) is 74.5 Å². The summed E-state index contributed by atoms with van der Waals surface area (Å²) in [4.78, 5) is 6.49. The fourth-order valence-electron chi connectivity index (χ4n) is 4.85. The molecule has 3 aromatic rings. The number of methoxy groups -OCH3 is 2. The monoisotopic (exact) mass is 497 g/mol. The molecule has 0 spiro atoms. The van der Waals surface area contributed by atoms with E-state index in [-0.39, 0.29) is 12.4 Å². The molecule has 5 atom stereocenters. The number of nitrogens with zero attached hydrogens (tertiary/aromatic N) is 5. The zero-order valence-electron chi connectivity index (χ0n) is 21.5. The second-order valence-electron chi connectivity index (χ2n) is 9.40. The van der Waals surface area contributed by atoms with E-state index in [1.54, 1.807) is 25.1 Å². The first-order valence-corrected chi connectivity index (χ1v) is 12.4. The number of hydrogen-bond acceptors (Lipinski definition) is 7. The maximum Gasteiger partial charge on any atom is 0.159 e. The van der Waals surface area contributed by atoms with E-state index >= 15 is 0 Å². The molecule has 36 heavy (non-hydrogen) atoms. The number of halogens is 1. The van der Waals surface area contributed by atoms with Crippen molar-refractivity contribution < 1.29 is 18.6 Å². The lowest BCUT2D eigenvalue weighted by molar-refractivity contribution is -0.189. The summed E-state index contributed by atoms with van der Waals surface area (Å²) in [5.41, 5.74) is 3.77. The lowest BCUT2D eigenvalue weighted by atomic mass is 9.99. The first-order chi connectivity index (χ1) is 17.5. The van der Waals surface area contributed by atoms with Gasteiger partial charge in [0.2, 0.25) is 0 Å². The van der Waals surface area contributed by atoms with Crippen molar-refractivity contribution >= 4 is 0 Å². The quantitative estimate of drug-likeness (QED) is 0.392. The van der Waals surface area contributed by atoms with Gasteiger partial charge in [0.25, 0.3) is 0 Å². The smallest absolute Gasteiger partial charge is 0.159 e. The van der Waals surface area contributed by atoms with Gasteiger partial charge in [0.05, 0.1) is 11.8 Å². The van der Waals surface area contributed by atoms with Gasteiger partial charge in [-0.15, -0.1) is 5.10 Å². The molecule has 1 aliphatic rings. The van der Waals surface area contributed by atoms with E-state index in [4.69, 9.17) is 14.2 Å². The SMILES string of the molecule is CO[C@H]1C[C@@H](N(C)CCc2cn([C@H](CF)[C@H](OC)c3ccc(-c4cccnc4)cc3)nn2)C[C@@H](C)O1. The fraction of sp³-hybridized carbons (Fsp3) is 0.519. The van der Waals surface area contributed by atoms with E-state index < -0.39 is 18.8 Å². The van der Waals surface area contributed by atoms with Crippen LogP contribution in [-0.2, 0) is 20.6 Å². The number of ether oxygens (including phenoxy) is 3. The molecule has 1 saturated heterocycles. The average Bonchev–Trinajstić information content (AvgIpc) is 3.39. The number of alkyl halides is 1. The van der Waals surface area contributed by atoms with Crippen LogP contribution >= 0.6 is 0 Å². The van der Waals surface area contributed by atoms with Crippen LogP contribution in [0.3, 0.4) is 0 Å². The van der Waals surface area contributed by atoms with Gasteiger partial charge in [0.1, 0.15) is 18.8 Å². The molecule has 9 heteroatoms. The van der Waals surface area contributed by atoms with Gasteiger partial charge in [-0.1, -0.05) is 35.5 Å². The third-order valence-corrected chi connectivity index (χ3v) is 6.95. The predicted octanol–water partition coefficient (Wildman–Crippen LogP) is 4.25. The third-order valence-electron chi connectivity index (χ3n) is 6.95. The molecule has 1 aromatic carbocycles. The summed E-state index contributed by atoms with van der Waals surface area (Å²) in [5.74, 6) is 0. The number of hydrogen-bond donors (Lipinski definition) is 0. The Hall–Kier alpha value is -2.72. The summed E-state index contributed by atoms with van der Waals surface area (Å²) >= 11 is 0. The molecule has 0 aliphatic carbocycles. The van der Waals surface area contributed by atoms with Crippen molar-refractivity contribution in [3.63, 3.8) is 0 Å². The summed E-state index contributed by atoms with van der Waals surface area (Å²) in [6.45, 7) is 2.27. The highest BCUT2D eigenvalue weighted by Crippen LogP contribution is 2.31. The number of rotatable bonds is 11. The Balaban J connectivity index is 1.40. The summed E-state index contributed by atoms with van der Waals surface area (Å²) in [6, 6.07) is 11.6. The van der Waals surface area contributed by atoms with Crippen molar-refractivity contribution in [3.8, 4) is 11.1 Å². The van der Waals surface area contributed by atoms with Gasteiger partial charge in [-0.2, -0.15) is 0 Å². The molecule has 0 amide bonds. The van der Waals surface area contributed by atoms with Crippen molar-refractivity contribution in [2.24, 2.45) is 0 Å². The molecule has 1 fully saturated rings. The Morgan fingerprint density at radius 2 is 1.97 bits per heavy atom. The van der Waals surface area contributed by atoms with E-state index in [1.165, 1.54) is 0 Å². The molecule has 0 unspecified atom stereocenters. The molecule has 0 N–H and O–H groups in total. The van der Waals surface area contributed by atoms with E-state index in [0.717, 1.165) is 48.2 Å². The lowest BCUT2D eigenvalue weighted by Crippen LogP contribution is -2.44.